The zero-order valence-corrected chi connectivity index (χ0v) is 17.8. The number of hydrogen-bond acceptors (Lipinski definition) is 5. The van der Waals surface area contributed by atoms with Crippen LogP contribution in [0, 0.1) is 5.82 Å². The summed E-state index contributed by atoms with van der Waals surface area (Å²) in [7, 11) is -3.19. The highest BCUT2D eigenvalue weighted by molar-refractivity contribution is 8.26. The van der Waals surface area contributed by atoms with Crippen molar-refractivity contribution in [2.75, 3.05) is 11.1 Å². The van der Waals surface area contributed by atoms with Crippen LogP contribution in [0.3, 0.4) is 0 Å². The van der Waals surface area contributed by atoms with Gasteiger partial charge in [0.25, 0.3) is 5.91 Å². The highest BCUT2D eigenvalue weighted by atomic mass is 35.5. The molecule has 0 fully saturated rings. The van der Waals surface area contributed by atoms with Gasteiger partial charge in [0.1, 0.15) is 21.9 Å². The third kappa shape index (κ3) is 3.98. The standard InChI is InChI=1S/C20H23ClFN3O3S/c1-19(2)18(23)25-20(3,11-29(19,27)28)15-10-14(8-9-16(15)22)24-17(26)12-4-6-13(21)7-5-12/h4-10,27-28H,11H2,1-3H3,(H2,23,25)(H,24,26). The van der Waals surface area contributed by atoms with Crippen molar-refractivity contribution in [2.45, 2.75) is 31.1 Å². The normalized spacial score (nSPS) is 23.8. The molecule has 6 nitrogen and oxygen atoms in total. The number of nitrogens with zero attached hydrogens (tertiary/aromatic N) is 1. The van der Waals surface area contributed by atoms with Crippen LogP contribution >= 0.6 is 22.2 Å². The van der Waals surface area contributed by atoms with Crippen LogP contribution in [0.4, 0.5) is 10.1 Å². The lowest BCUT2D eigenvalue weighted by Crippen LogP contribution is -2.52. The van der Waals surface area contributed by atoms with Crippen molar-refractivity contribution in [3.63, 3.8) is 0 Å². The molecule has 2 aromatic carbocycles. The van der Waals surface area contributed by atoms with E-state index in [0.29, 0.717) is 16.3 Å². The first kappa shape index (κ1) is 21.6. The highest BCUT2D eigenvalue weighted by Gasteiger charge is 2.49. The fraction of sp³-hybridized carbons (Fsp3) is 0.300. The molecule has 9 heteroatoms. The fourth-order valence-electron chi connectivity index (χ4n) is 3.13. The summed E-state index contributed by atoms with van der Waals surface area (Å²) < 4.78 is 34.8. The van der Waals surface area contributed by atoms with E-state index < -0.39 is 26.7 Å². The van der Waals surface area contributed by atoms with E-state index in [1.807, 2.05) is 0 Å². The van der Waals surface area contributed by atoms with Gasteiger partial charge < -0.3 is 11.1 Å². The number of anilines is 1. The van der Waals surface area contributed by atoms with Gasteiger partial charge in [0.2, 0.25) is 0 Å². The van der Waals surface area contributed by atoms with Gasteiger partial charge in [0.05, 0.1) is 5.75 Å². The zero-order valence-electron chi connectivity index (χ0n) is 16.2. The van der Waals surface area contributed by atoms with Crippen LogP contribution in [0.2, 0.25) is 5.02 Å². The SMILES string of the molecule is CC1(c2cc(NC(=O)c3ccc(Cl)cc3)ccc2F)CS(O)(O)C(C)(C)C(N)=N1. The third-order valence-corrected chi connectivity index (χ3v) is 8.25. The number of amides is 1. The summed E-state index contributed by atoms with van der Waals surface area (Å²) in [6.45, 7) is 4.78. The summed E-state index contributed by atoms with van der Waals surface area (Å²) in [6, 6.07) is 10.4. The van der Waals surface area contributed by atoms with Crippen molar-refractivity contribution in [3.8, 4) is 0 Å². The Morgan fingerprint density at radius 2 is 1.83 bits per heavy atom. The molecule has 0 saturated heterocycles. The van der Waals surface area contributed by atoms with Crippen molar-refractivity contribution in [1.29, 1.82) is 0 Å². The fourth-order valence-corrected chi connectivity index (χ4v) is 5.00. The largest absolute Gasteiger partial charge is 0.386 e. The molecule has 1 aliphatic rings. The Kier molecular flexibility index (Phi) is 5.42. The van der Waals surface area contributed by atoms with Crippen LogP contribution in [0.1, 0.15) is 36.7 Å². The topological polar surface area (TPSA) is 108 Å². The second-order valence-electron chi connectivity index (χ2n) is 7.75. The van der Waals surface area contributed by atoms with Crippen molar-refractivity contribution < 1.29 is 18.3 Å². The van der Waals surface area contributed by atoms with Crippen LogP contribution < -0.4 is 11.1 Å². The Balaban J connectivity index is 1.96. The van der Waals surface area contributed by atoms with E-state index in [0.717, 1.165) is 0 Å². The average Bonchev–Trinajstić information content (AvgIpc) is 2.62. The number of halogens is 2. The molecule has 156 valence electrons. The van der Waals surface area contributed by atoms with E-state index in [-0.39, 0.29) is 23.1 Å². The van der Waals surface area contributed by atoms with Crippen LogP contribution in [-0.4, -0.2) is 31.3 Å². The van der Waals surface area contributed by atoms with Crippen LogP contribution in [0.5, 0.6) is 0 Å². The number of carbonyl (C=O) groups is 1. The summed E-state index contributed by atoms with van der Waals surface area (Å²) in [4.78, 5) is 16.9. The van der Waals surface area contributed by atoms with Gasteiger partial charge in [-0.1, -0.05) is 11.6 Å². The molecule has 3 rings (SSSR count). The van der Waals surface area contributed by atoms with Crippen LogP contribution in [-0.2, 0) is 5.54 Å². The number of nitrogens with two attached hydrogens (primary N) is 1. The van der Waals surface area contributed by atoms with Crippen molar-refractivity contribution in [2.24, 2.45) is 10.7 Å². The Morgan fingerprint density at radius 3 is 2.41 bits per heavy atom. The predicted molar refractivity (Wildman–Crippen MR) is 117 cm³/mol. The first-order valence-corrected chi connectivity index (χ1v) is 10.9. The summed E-state index contributed by atoms with van der Waals surface area (Å²) in [5.41, 5.74) is 5.57. The number of nitrogens with one attached hydrogen (secondary N) is 1. The molecule has 0 spiro atoms. The number of rotatable bonds is 3. The molecule has 0 aliphatic carbocycles. The molecule has 1 heterocycles. The van der Waals surface area contributed by atoms with Gasteiger partial charge >= 0.3 is 0 Å². The lowest BCUT2D eigenvalue weighted by Gasteiger charge is -2.53. The molecule has 1 unspecified atom stereocenters. The second kappa shape index (κ2) is 7.28. The maximum Gasteiger partial charge on any atom is 0.255 e. The average molecular weight is 440 g/mol. The number of amidine groups is 1. The number of carbonyl (C=O) groups excluding carboxylic acids is 1. The molecule has 1 aliphatic heterocycles. The number of aliphatic imine (C=N–C) groups is 1. The Labute approximate surface area is 175 Å². The minimum absolute atomic E-state index is 0.0428. The Bertz CT molecular complexity index is 995. The zero-order chi connectivity index (χ0) is 21.6. The Hall–Kier alpha value is -2.13. The molecule has 2 aromatic rings. The third-order valence-electron chi connectivity index (χ3n) is 5.19. The van der Waals surface area contributed by atoms with Crippen molar-refractivity contribution in [1.82, 2.24) is 0 Å². The maximum absolute atomic E-state index is 14.7. The highest BCUT2D eigenvalue weighted by Crippen LogP contribution is 2.59. The van der Waals surface area contributed by atoms with E-state index in [2.05, 4.69) is 10.3 Å². The maximum atomic E-state index is 14.7. The molecule has 1 atom stereocenters. The number of hydrogen-bond donors (Lipinski definition) is 4. The Morgan fingerprint density at radius 1 is 1.21 bits per heavy atom. The molecule has 0 bridgehead atoms. The summed E-state index contributed by atoms with van der Waals surface area (Å²) >= 11 is 5.84. The van der Waals surface area contributed by atoms with Crippen LogP contribution in [0.15, 0.2) is 47.5 Å². The predicted octanol–water partition coefficient (Wildman–Crippen LogP) is 4.85. The molecule has 0 aromatic heterocycles. The summed E-state index contributed by atoms with van der Waals surface area (Å²) in [5.74, 6) is -1.11. The van der Waals surface area contributed by atoms with Gasteiger partial charge in [-0.3, -0.25) is 18.9 Å². The molecular weight excluding hydrogens is 417 g/mol. The van der Waals surface area contributed by atoms with Gasteiger partial charge in [0, 0.05) is 21.8 Å². The van der Waals surface area contributed by atoms with E-state index in [4.69, 9.17) is 17.3 Å². The minimum Gasteiger partial charge on any atom is -0.386 e. The molecule has 0 saturated carbocycles. The van der Waals surface area contributed by atoms with Gasteiger partial charge in [-0.15, -0.1) is 0 Å². The van der Waals surface area contributed by atoms with E-state index in [1.54, 1.807) is 45.0 Å². The second-order valence-corrected chi connectivity index (χ2v) is 10.8. The minimum atomic E-state index is -3.19. The molecule has 5 N–H and O–H groups in total. The molecular formula is C20H23ClFN3O3S. The summed E-state index contributed by atoms with van der Waals surface area (Å²) in [6.07, 6.45) is 0. The van der Waals surface area contributed by atoms with Gasteiger partial charge in [-0.25, -0.2) is 4.39 Å². The van der Waals surface area contributed by atoms with Gasteiger partial charge in [0.15, 0.2) is 0 Å². The lowest BCUT2D eigenvalue weighted by atomic mass is 9.92. The molecule has 1 amide bonds. The van der Waals surface area contributed by atoms with Crippen LogP contribution in [0.25, 0.3) is 0 Å². The van der Waals surface area contributed by atoms with Crippen molar-refractivity contribution >= 4 is 39.6 Å². The first-order valence-electron chi connectivity index (χ1n) is 8.84. The molecule has 0 radical (unpaired) electrons. The van der Waals surface area contributed by atoms with E-state index in [9.17, 15) is 18.3 Å². The lowest BCUT2D eigenvalue weighted by molar-refractivity contribution is 0.102. The smallest absolute Gasteiger partial charge is 0.255 e. The monoisotopic (exact) mass is 439 g/mol. The molecule has 29 heavy (non-hydrogen) atoms. The first-order chi connectivity index (χ1) is 13.4. The van der Waals surface area contributed by atoms with Gasteiger partial charge in [-0.2, -0.15) is 10.6 Å². The van der Waals surface area contributed by atoms with E-state index in [1.165, 1.54) is 18.2 Å². The van der Waals surface area contributed by atoms with E-state index >= 15 is 0 Å². The summed E-state index contributed by atoms with van der Waals surface area (Å²) in [5, 5.41) is 3.21. The van der Waals surface area contributed by atoms with Gasteiger partial charge in [-0.05, 0) is 63.2 Å². The quantitative estimate of drug-likeness (QED) is 0.548. The van der Waals surface area contributed by atoms with Crippen molar-refractivity contribution in [3.05, 3.63) is 64.4 Å². The number of benzene rings is 2.